The Morgan fingerprint density at radius 3 is 2.12 bits per heavy atom. The van der Waals surface area contributed by atoms with Gasteiger partial charge in [0.1, 0.15) is 5.75 Å². The molecule has 0 aliphatic rings. The Morgan fingerprint density at radius 2 is 1.42 bits per heavy atom. The van der Waals surface area contributed by atoms with Crippen molar-refractivity contribution in [2.24, 2.45) is 0 Å². The van der Waals surface area contributed by atoms with Crippen molar-refractivity contribution < 1.29 is 4.74 Å². The van der Waals surface area contributed by atoms with Crippen LogP contribution in [0.25, 0.3) is 0 Å². The van der Waals surface area contributed by atoms with Crippen molar-refractivity contribution in [2.45, 2.75) is 39.0 Å². The molecular weight excluding hydrogens is 367 g/mol. The first kappa shape index (κ1) is 20.7. The normalized spacial score (nSPS) is 10.6. The quantitative estimate of drug-likeness (QED) is 0.385. The number of rotatable bonds is 12. The highest BCUT2D eigenvalue weighted by Crippen LogP contribution is 2.24. The molecule has 0 aromatic heterocycles. The summed E-state index contributed by atoms with van der Waals surface area (Å²) in [6.45, 7) is 4.62. The first-order chi connectivity index (χ1) is 12.7. The van der Waals surface area contributed by atoms with Crippen LogP contribution in [0.2, 0.25) is 10.0 Å². The summed E-state index contributed by atoms with van der Waals surface area (Å²) in [5.41, 5.74) is 2.04. The summed E-state index contributed by atoms with van der Waals surface area (Å²) in [6.07, 6.45) is 6.28. The fourth-order valence-corrected chi connectivity index (χ4v) is 2.88. The zero-order chi connectivity index (χ0) is 18.6. The van der Waals surface area contributed by atoms with Crippen LogP contribution < -0.4 is 15.4 Å². The van der Waals surface area contributed by atoms with E-state index in [1.165, 1.54) is 25.7 Å². The molecule has 2 N–H and O–H groups in total. The first-order valence-corrected chi connectivity index (χ1v) is 10.1. The van der Waals surface area contributed by atoms with Crippen LogP contribution in [0.5, 0.6) is 5.75 Å². The standard InChI is InChI=1S/C21H28Cl2N2O/c1-2-3-4-5-6-15-26-19-10-7-17(8-11-19)24-13-14-25-18-9-12-20(22)21(23)16-18/h7-12,16,24-25H,2-6,13-15H2,1H3. The average molecular weight is 395 g/mol. The molecule has 0 atom stereocenters. The van der Waals surface area contributed by atoms with E-state index in [1.807, 2.05) is 36.4 Å². The zero-order valence-electron chi connectivity index (χ0n) is 15.4. The van der Waals surface area contributed by atoms with Crippen LogP contribution in [0.4, 0.5) is 11.4 Å². The molecule has 142 valence electrons. The second-order valence-electron chi connectivity index (χ2n) is 6.27. The molecule has 3 nitrogen and oxygen atoms in total. The lowest BCUT2D eigenvalue weighted by Gasteiger charge is -2.11. The molecule has 0 radical (unpaired) electrons. The smallest absolute Gasteiger partial charge is 0.119 e. The van der Waals surface area contributed by atoms with Crippen molar-refractivity contribution in [1.29, 1.82) is 0 Å². The molecule has 2 aromatic rings. The highest BCUT2D eigenvalue weighted by atomic mass is 35.5. The van der Waals surface area contributed by atoms with Crippen LogP contribution in [-0.4, -0.2) is 19.7 Å². The van der Waals surface area contributed by atoms with Gasteiger partial charge in [0.25, 0.3) is 0 Å². The van der Waals surface area contributed by atoms with Gasteiger partial charge in [-0.3, -0.25) is 0 Å². The molecule has 0 aliphatic heterocycles. The molecule has 0 bridgehead atoms. The minimum Gasteiger partial charge on any atom is -0.494 e. The van der Waals surface area contributed by atoms with Gasteiger partial charge in [0.2, 0.25) is 0 Å². The maximum absolute atomic E-state index is 6.01. The number of halogens is 2. The molecular formula is C21H28Cl2N2O. The van der Waals surface area contributed by atoms with E-state index < -0.39 is 0 Å². The second-order valence-corrected chi connectivity index (χ2v) is 7.08. The molecule has 0 heterocycles. The number of hydrogen-bond donors (Lipinski definition) is 2. The van der Waals surface area contributed by atoms with Crippen molar-refractivity contribution in [3.8, 4) is 5.75 Å². The van der Waals surface area contributed by atoms with E-state index in [0.717, 1.165) is 43.2 Å². The number of hydrogen-bond acceptors (Lipinski definition) is 3. The largest absolute Gasteiger partial charge is 0.494 e. The molecule has 2 aromatic carbocycles. The molecule has 5 heteroatoms. The molecule has 2 rings (SSSR count). The van der Waals surface area contributed by atoms with E-state index in [1.54, 1.807) is 6.07 Å². The first-order valence-electron chi connectivity index (χ1n) is 9.34. The lowest BCUT2D eigenvalue weighted by atomic mass is 10.2. The summed E-state index contributed by atoms with van der Waals surface area (Å²) in [5.74, 6) is 0.931. The fraction of sp³-hybridized carbons (Fsp3) is 0.429. The van der Waals surface area contributed by atoms with Crippen molar-refractivity contribution in [3.63, 3.8) is 0 Å². The Kier molecular flexibility index (Phi) is 9.51. The molecule has 0 aliphatic carbocycles. The third-order valence-corrected chi connectivity index (χ3v) is 4.81. The monoisotopic (exact) mass is 394 g/mol. The van der Waals surface area contributed by atoms with Crippen LogP contribution >= 0.6 is 23.2 Å². The van der Waals surface area contributed by atoms with Crippen molar-refractivity contribution >= 4 is 34.6 Å². The highest BCUT2D eigenvalue weighted by molar-refractivity contribution is 6.42. The molecule has 0 amide bonds. The van der Waals surface area contributed by atoms with Gasteiger partial charge in [-0.25, -0.2) is 0 Å². The van der Waals surface area contributed by atoms with Crippen molar-refractivity contribution in [3.05, 3.63) is 52.5 Å². The van der Waals surface area contributed by atoms with Gasteiger partial charge in [-0.1, -0.05) is 55.8 Å². The SMILES string of the molecule is CCCCCCCOc1ccc(NCCNc2ccc(Cl)c(Cl)c2)cc1. The lowest BCUT2D eigenvalue weighted by molar-refractivity contribution is 0.304. The summed E-state index contributed by atoms with van der Waals surface area (Å²) < 4.78 is 5.78. The Labute approximate surface area is 167 Å². The molecule has 26 heavy (non-hydrogen) atoms. The van der Waals surface area contributed by atoms with E-state index in [9.17, 15) is 0 Å². The minimum absolute atomic E-state index is 0.561. The fourth-order valence-electron chi connectivity index (χ4n) is 2.58. The summed E-state index contributed by atoms with van der Waals surface area (Å²) in [4.78, 5) is 0. The number of benzene rings is 2. The van der Waals surface area contributed by atoms with Crippen LogP contribution in [0, 0.1) is 0 Å². The second kappa shape index (κ2) is 11.9. The Balaban J connectivity index is 1.61. The topological polar surface area (TPSA) is 33.3 Å². The van der Waals surface area contributed by atoms with Gasteiger partial charge in [-0.05, 0) is 48.9 Å². The van der Waals surface area contributed by atoms with Crippen molar-refractivity contribution in [2.75, 3.05) is 30.3 Å². The van der Waals surface area contributed by atoms with Gasteiger partial charge in [0, 0.05) is 24.5 Å². The van der Waals surface area contributed by atoms with Crippen LogP contribution in [0.1, 0.15) is 39.0 Å². The maximum atomic E-state index is 6.01. The number of nitrogens with one attached hydrogen (secondary N) is 2. The predicted molar refractivity (Wildman–Crippen MR) is 114 cm³/mol. The van der Waals surface area contributed by atoms with E-state index in [0.29, 0.717) is 10.0 Å². The summed E-state index contributed by atoms with van der Waals surface area (Å²) in [6, 6.07) is 13.7. The van der Waals surface area contributed by atoms with E-state index in [-0.39, 0.29) is 0 Å². The maximum Gasteiger partial charge on any atom is 0.119 e. The zero-order valence-corrected chi connectivity index (χ0v) is 16.9. The van der Waals surface area contributed by atoms with Gasteiger partial charge in [0.05, 0.1) is 16.7 Å². The Bertz CT molecular complexity index is 647. The number of anilines is 2. The number of ether oxygens (including phenoxy) is 1. The van der Waals surface area contributed by atoms with Gasteiger partial charge < -0.3 is 15.4 Å². The van der Waals surface area contributed by atoms with Gasteiger partial charge in [-0.15, -0.1) is 0 Å². The molecule has 0 unspecified atom stereocenters. The highest BCUT2D eigenvalue weighted by Gasteiger charge is 1.99. The van der Waals surface area contributed by atoms with Gasteiger partial charge >= 0.3 is 0 Å². The van der Waals surface area contributed by atoms with Gasteiger partial charge in [0.15, 0.2) is 0 Å². The molecule has 0 saturated heterocycles. The van der Waals surface area contributed by atoms with Crippen molar-refractivity contribution in [1.82, 2.24) is 0 Å². The number of unbranched alkanes of at least 4 members (excludes halogenated alkanes) is 4. The molecule has 0 fully saturated rings. The third-order valence-electron chi connectivity index (χ3n) is 4.07. The lowest BCUT2D eigenvalue weighted by Crippen LogP contribution is -2.13. The Hall–Kier alpha value is -1.58. The van der Waals surface area contributed by atoms with E-state index in [2.05, 4.69) is 17.6 Å². The third kappa shape index (κ3) is 7.76. The van der Waals surface area contributed by atoms with E-state index in [4.69, 9.17) is 27.9 Å². The van der Waals surface area contributed by atoms with Crippen LogP contribution in [-0.2, 0) is 0 Å². The van der Waals surface area contributed by atoms with E-state index >= 15 is 0 Å². The minimum atomic E-state index is 0.561. The van der Waals surface area contributed by atoms with Crippen LogP contribution in [0.15, 0.2) is 42.5 Å². The van der Waals surface area contributed by atoms with Crippen LogP contribution in [0.3, 0.4) is 0 Å². The Morgan fingerprint density at radius 1 is 0.769 bits per heavy atom. The average Bonchev–Trinajstić information content (AvgIpc) is 2.65. The predicted octanol–water partition coefficient (Wildman–Crippen LogP) is 6.87. The summed E-state index contributed by atoms with van der Waals surface area (Å²) in [7, 11) is 0. The molecule has 0 saturated carbocycles. The summed E-state index contributed by atoms with van der Waals surface area (Å²) in [5, 5.41) is 7.82. The summed E-state index contributed by atoms with van der Waals surface area (Å²) >= 11 is 11.9. The van der Waals surface area contributed by atoms with Gasteiger partial charge in [-0.2, -0.15) is 0 Å². The molecule has 0 spiro atoms.